The maximum Gasteiger partial charge on any atom is 0.214 e. The Kier molecular flexibility index (Phi) is 4.07. The fourth-order valence-corrected chi connectivity index (χ4v) is 4.45. The van der Waals surface area contributed by atoms with Crippen LogP contribution in [-0.2, 0) is 12.8 Å². The number of carbonyl (C=O) groups excluding carboxylic acids is 1. The number of Topliss-reactive ketones (excluding diaryl/α,β-unsaturated/α-hetero) is 1. The normalized spacial score (nSPS) is 23.0. The summed E-state index contributed by atoms with van der Waals surface area (Å²) < 4.78 is 17.1. The van der Waals surface area contributed by atoms with Crippen molar-refractivity contribution in [1.82, 2.24) is 9.97 Å². The van der Waals surface area contributed by atoms with Crippen LogP contribution in [-0.4, -0.2) is 35.6 Å². The molecule has 0 N–H and O–H groups in total. The van der Waals surface area contributed by atoms with E-state index < -0.39 is 5.60 Å². The molecule has 0 unspecified atom stereocenters. The number of carbonyl (C=O) groups is 1. The van der Waals surface area contributed by atoms with Gasteiger partial charge in [0.05, 0.1) is 14.2 Å². The molecule has 7 heteroatoms. The number of methoxy groups -OCH3 is 2. The Morgan fingerprint density at radius 3 is 2.59 bits per heavy atom. The second-order valence-corrected chi connectivity index (χ2v) is 7.56. The van der Waals surface area contributed by atoms with Crippen molar-refractivity contribution in [3.63, 3.8) is 0 Å². The van der Waals surface area contributed by atoms with Crippen LogP contribution in [0.25, 0.3) is 0 Å². The first-order valence-corrected chi connectivity index (χ1v) is 9.21. The number of hydrogen-bond acceptors (Lipinski definition) is 6. The van der Waals surface area contributed by atoms with Gasteiger partial charge in [0.2, 0.25) is 5.78 Å². The van der Waals surface area contributed by atoms with E-state index in [4.69, 9.17) is 25.8 Å². The van der Waals surface area contributed by atoms with Crippen molar-refractivity contribution >= 4 is 17.4 Å². The van der Waals surface area contributed by atoms with E-state index in [2.05, 4.69) is 9.97 Å². The highest BCUT2D eigenvalue weighted by Crippen LogP contribution is 2.53. The molecule has 2 aromatic rings. The molecule has 0 saturated carbocycles. The number of benzene rings is 1. The van der Waals surface area contributed by atoms with Gasteiger partial charge in [0.25, 0.3) is 0 Å². The van der Waals surface area contributed by atoms with Gasteiger partial charge in [-0.15, -0.1) is 0 Å². The van der Waals surface area contributed by atoms with Gasteiger partial charge in [-0.25, -0.2) is 9.97 Å². The van der Waals surface area contributed by atoms with Gasteiger partial charge >= 0.3 is 0 Å². The molecule has 27 heavy (non-hydrogen) atoms. The number of rotatable bonds is 2. The molecule has 0 saturated heterocycles. The van der Waals surface area contributed by atoms with Crippen LogP contribution < -0.4 is 14.2 Å². The number of nitrogens with zero attached hydrogens (tertiary/aromatic N) is 2. The molecule has 0 amide bonds. The van der Waals surface area contributed by atoms with Crippen molar-refractivity contribution in [1.29, 1.82) is 0 Å². The quantitative estimate of drug-likeness (QED) is 0.784. The van der Waals surface area contributed by atoms with Crippen molar-refractivity contribution < 1.29 is 19.0 Å². The molecule has 0 fully saturated rings. The predicted octanol–water partition coefficient (Wildman–Crippen LogP) is 3.51. The van der Waals surface area contributed by atoms with Crippen LogP contribution in [0, 0.1) is 19.8 Å². The summed E-state index contributed by atoms with van der Waals surface area (Å²) in [5.74, 6) is 1.70. The van der Waals surface area contributed by atoms with E-state index >= 15 is 0 Å². The number of aryl methyl sites for hydroxylation is 2. The first-order chi connectivity index (χ1) is 12.8. The molecular formula is C20H21ClN2O4. The van der Waals surface area contributed by atoms with Crippen LogP contribution in [0.15, 0.2) is 6.07 Å². The lowest BCUT2D eigenvalue weighted by atomic mass is 9.72. The minimum absolute atomic E-state index is 0.0784. The zero-order valence-corrected chi connectivity index (χ0v) is 16.7. The van der Waals surface area contributed by atoms with Crippen LogP contribution >= 0.6 is 11.6 Å². The average molecular weight is 389 g/mol. The highest BCUT2D eigenvalue weighted by molar-refractivity contribution is 6.35. The Hall–Kier alpha value is -2.34. The molecule has 1 aliphatic heterocycles. The maximum atomic E-state index is 13.6. The number of fused-ring (bicyclic) bond motifs is 2. The summed E-state index contributed by atoms with van der Waals surface area (Å²) in [5, 5.41) is 0.286. The predicted molar refractivity (Wildman–Crippen MR) is 100 cm³/mol. The summed E-state index contributed by atoms with van der Waals surface area (Å²) >= 11 is 6.47. The summed E-state index contributed by atoms with van der Waals surface area (Å²) in [6, 6.07) is 1.63. The van der Waals surface area contributed by atoms with Crippen LogP contribution in [0.4, 0.5) is 0 Å². The minimum atomic E-state index is -1.04. The largest absolute Gasteiger partial charge is 0.496 e. The van der Waals surface area contributed by atoms with Crippen LogP contribution in [0.5, 0.6) is 17.2 Å². The minimum Gasteiger partial charge on any atom is -0.496 e. The first kappa shape index (κ1) is 18.0. The van der Waals surface area contributed by atoms with Crippen molar-refractivity contribution in [3.8, 4) is 17.2 Å². The number of halogens is 1. The van der Waals surface area contributed by atoms with Crippen LogP contribution in [0.2, 0.25) is 5.02 Å². The third-order valence-electron chi connectivity index (χ3n) is 5.63. The van der Waals surface area contributed by atoms with E-state index in [0.717, 1.165) is 22.8 Å². The molecule has 2 aliphatic rings. The van der Waals surface area contributed by atoms with Gasteiger partial charge in [-0.3, -0.25) is 4.79 Å². The lowest BCUT2D eigenvalue weighted by molar-refractivity contribution is 0.0260. The van der Waals surface area contributed by atoms with E-state index in [-0.39, 0.29) is 16.7 Å². The lowest BCUT2D eigenvalue weighted by Crippen LogP contribution is -2.52. The molecule has 6 nitrogen and oxygen atoms in total. The van der Waals surface area contributed by atoms with Gasteiger partial charge in [0.15, 0.2) is 11.4 Å². The van der Waals surface area contributed by atoms with E-state index in [0.29, 0.717) is 35.7 Å². The van der Waals surface area contributed by atoms with Gasteiger partial charge in [-0.05, 0) is 25.8 Å². The van der Waals surface area contributed by atoms with Gasteiger partial charge in [0, 0.05) is 29.8 Å². The smallest absolute Gasteiger partial charge is 0.214 e. The molecule has 1 aromatic carbocycles. The zero-order chi connectivity index (χ0) is 19.5. The van der Waals surface area contributed by atoms with Crippen molar-refractivity contribution in [2.75, 3.05) is 14.2 Å². The summed E-state index contributed by atoms with van der Waals surface area (Å²) in [6.07, 6.45) is 1.04. The molecule has 4 rings (SSSR count). The fraction of sp³-hybridized carbons (Fsp3) is 0.450. The molecule has 0 bridgehead atoms. The topological polar surface area (TPSA) is 70.5 Å². The number of aromatic nitrogens is 2. The Labute approximate surface area is 162 Å². The lowest BCUT2D eigenvalue weighted by Gasteiger charge is -2.38. The summed E-state index contributed by atoms with van der Waals surface area (Å²) in [7, 11) is 3.03. The van der Waals surface area contributed by atoms with E-state index in [1.54, 1.807) is 6.07 Å². The standard InChI is InChI=1S/C20H21ClN2O4/c1-9-6-13-12(10(2)22-11(3)23-13)8-20(9)19(24)16-14(25-4)7-15(26-5)17(21)18(16)27-20/h7,9H,6,8H2,1-5H3/t9-,20-/m1/s1. The molecule has 142 valence electrons. The summed E-state index contributed by atoms with van der Waals surface area (Å²) in [5.41, 5.74) is 2.18. The SMILES string of the molecule is COc1cc(OC)c2c(c1Cl)O[C@@]1(Cc3c(C)nc(C)nc3C[C@H]1C)C2=O. The Morgan fingerprint density at radius 2 is 1.93 bits per heavy atom. The number of ketones is 1. The van der Waals surface area contributed by atoms with E-state index in [1.165, 1.54) is 14.2 Å². The van der Waals surface area contributed by atoms with Gasteiger partial charge in [-0.1, -0.05) is 18.5 Å². The molecule has 2 atom stereocenters. The second-order valence-electron chi connectivity index (χ2n) is 7.18. The number of ether oxygens (including phenoxy) is 3. The maximum absolute atomic E-state index is 13.6. The highest BCUT2D eigenvalue weighted by atomic mass is 35.5. The van der Waals surface area contributed by atoms with E-state index in [9.17, 15) is 4.79 Å². The molecule has 1 spiro atoms. The fourth-order valence-electron chi connectivity index (χ4n) is 4.19. The second kappa shape index (κ2) is 6.09. The van der Waals surface area contributed by atoms with Gasteiger partial charge in [-0.2, -0.15) is 0 Å². The molecular weight excluding hydrogens is 368 g/mol. The van der Waals surface area contributed by atoms with Crippen molar-refractivity contribution in [3.05, 3.63) is 39.4 Å². The van der Waals surface area contributed by atoms with Crippen LogP contribution in [0.1, 0.15) is 40.1 Å². The van der Waals surface area contributed by atoms with Gasteiger partial charge < -0.3 is 14.2 Å². The summed E-state index contributed by atoms with van der Waals surface area (Å²) in [6.45, 7) is 5.84. The zero-order valence-electron chi connectivity index (χ0n) is 16.0. The Balaban J connectivity index is 1.88. The monoisotopic (exact) mass is 388 g/mol. The number of hydrogen-bond donors (Lipinski definition) is 0. The third-order valence-corrected chi connectivity index (χ3v) is 5.99. The van der Waals surface area contributed by atoms with E-state index in [1.807, 2.05) is 20.8 Å². The molecule has 0 radical (unpaired) electrons. The molecule has 1 aromatic heterocycles. The van der Waals surface area contributed by atoms with Crippen LogP contribution in [0.3, 0.4) is 0 Å². The Bertz CT molecular complexity index is 975. The average Bonchev–Trinajstić information content (AvgIpc) is 2.92. The molecule has 2 heterocycles. The van der Waals surface area contributed by atoms with Crippen molar-refractivity contribution in [2.24, 2.45) is 5.92 Å². The first-order valence-electron chi connectivity index (χ1n) is 8.83. The summed E-state index contributed by atoms with van der Waals surface area (Å²) in [4.78, 5) is 22.6. The molecule has 1 aliphatic carbocycles. The Morgan fingerprint density at radius 1 is 1.22 bits per heavy atom. The third kappa shape index (κ3) is 2.42. The van der Waals surface area contributed by atoms with Gasteiger partial charge in [0.1, 0.15) is 27.9 Å². The van der Waals surface area contributed by atoms with Crippen molar-refractivity contribution in [2.45, 2.75) is 39.2 Å². The highest BCUT2D eigenvalue weighted by Gasteiger charge is 2.56.